The van der Waals surface area contributed by atoms with Gasteiger partial charge in [0.05, 0.1) is 19.1 Å². The lowest BCUT2D eigenvalue weighted by Crippen LogP contribution is -2.44. The smallest absolute Gasteiger partial charge is 0.308 e. The van der Waals surface area contributed by atoms with Gasteiger partial charge in [-0.15, -0.1) is 11.3 Å². The van der Waals surface area contributed by atoms with Crippen molar-refractivity contribution in [3.63, 3.8) is 0 Å². The first kappa shape index (κ1) is 42.9. The van der Waals surface area contributed by atoms with E-state index in [1.165, 1.54) is 18.3 Å². The van der Waals surface area contributed by atoms with E-state index in [-0.39, 0.29) is 59.9 Å². The molecule has 0 saturated carbocycles. The second kappa shape index (κ2) is 21.8. The highest BCUT2D eigenvalue weighted by Crippen LogP contribution is 2.34. The van der Waals surface area contributed by atoms with Crippen LogP contribution < -0.4 is 5.32 Å². The average Bonchev–Trinajstić information content (AvgIpc) is 3.50. The standard InChI is InChI=1S/C39H61N3O7S/c1-11-13-20-47-21-19-34-35(36(44)40-31(22-27(7)39(46)48-12-2)23-30-17-15-14-16-18-30)41-37(50-34)33(49-29(9)43)24-32(26(5)6)42(10)38(45)28(8)25(3)4/h14-18,25-28,31-33H,11-13,19-24H2,1-10H3,(H,40,44)/t27-,28-,31+,32+,33+/m0/s1. The summed E-state index contributed by atoms with van der Waals surface area (Å²) in [6, 6.07) is 9.20. The van der Waals surface area contributed by atoms with E-state index in [0.717, 1.165) is 23.3 Å². The van der Waals surface area contributed by atoms with Gasteiger partial charge in [-0.3, -0.25) is 19.2 Å². The summed E-state index contributed by atoms with van der Waals surface area (Å²) in [5.41, 5.74) is 1.28. The number of thiazole rings is 1. The number of nitrogens with zero attached hydrogens (tertiary/aromatic N) is 2. The van der Waals surface area contributed by atoms with Crippen LogP contribution in [-0.2, 0) is 41.4 Å². The van der Waals surface area contributed by atoms with Crippen molar-refractivity contribution in [1.82, 2.24) is 15.2 Å². The van der Waals surface area contributed by atoms with Gasteiger partial charge >= 0.3 is 11.9 Å². The number of nitrogens with one attached hydrogen (secondary N) is 1. The minimum atomic E-state index is -0.764. The predicted molar refractivity (Wildman–Crippen MR) is 198 cm³/mol. The topological polar surface area (TPSA) is 124 Å². The van der Waals surface area contributed by atoms with E-state index in [9.17, 15) is 19.2 Å². The Hall–Kier alpha value is -3.31. The van der Waals surface area contributed by atoms with Crippen LogP contribution in [0, 0.1) is 23.7 Å². The predicted octanol–water partition coefficient (Wildman–Crippen LogP) is 7.20. The molecule has 2 amide bonds. The Morgan fingerprint density at radius 2 is 1.62 bits per heavy atom. The average molecular weight is 716 g/mol. The molecule has 0 spiro atoms. The minimum Gasteiger partial charge on any atom is -0.466 e. The van der Waals surface area contributed by atoms with E-state index in [4.69, 9.17) is 19.2 Å². The maximum atomic E-state index is 14.1. The number of benzene rings is 1. The molecule has 2 aromatic rings. The fourth-order valence-corrected chi connectivity index (χ4v) is 6.87. The fraction of sp³-hybridized carbons (Fsp3) is 0.667. The number of aromatic nitrogens is 1. The van der Waals surface area contributed by atoms with Crippen LogP contribution in [-0.4, -0.2) is 72.6 Å². The van der Waals surface area contributed by atoms with E-state index >= 15 is 0 Å². The Morgan fingerprint density at radius 3 is 2.20 bits per heavy atom. The van der Waals surface area contributed by atoms with Gasteiger partial charge in [0, 0.05) is 56.3 Å². The van der Waals surface area contributed by atoms with Crippen LogP contribution in [0.15, 0.2) is 30.3 Å². The zero-order valence-electron chi connectivity index (χ0n) is 32.0. The van der Waals surface area contributed by atoms with Crippen LogP contribution in [0.4, 0.5) is 0 Å². The molecule has 11 heteroatoms. The minimum absolute atomic E-state index is 0.0332. The van der Waals surface area contributed by atoms with Gasteiger partial charge in [0.25, 0.3) is 5.91 Å². The Morgan fingerprint density at radius 1 is 0.940 bits per heavy atom. The van der Waals surface area contributed by atoms with Crippen LogP contribution in [0.1, 0.15) is 120 Å². The summed E-state index contributed by atoms with van der Waals surface area (Å²) < 4.78 is 17.0. The second-order valence-electron chi connectivity index (χ2n) is 13.9. The van der Waals surface area contributed by atoms with Gasteiger partial charge in [-0.05, 0) is 43.6 Å². The molecule has 280 valence electrons. The number of carbonyl (C=O) groups excluding carboxylic acids is 4. The quantitative estimate of drug-likeness (QED) is 0.100. The van der Waals surface area contributed by atoms with Gasteiger partial charge in [-0.2, -0.15) is 0 Å². The lowest BCUT2D eigenvalue weighted by atomic mass is 9.92. The summed E-state index contributed by atoms with van der Waals surface area (Å²) in [7, 11) is 1.81. The number of rotatable bonds is 22. The molecule has 10 nitrogen and oxygen atoms in total. The van der Waals surface area contributed by atoms with Crippen LogP contribution >= 0.6 is 11.3 Å². The van der Waals surface area contributed by atoms with Gasteiger partial charge < -0.3 is 24.4 Å². The molecular weight excluding hydrogens is 655 g/mol. The number of unbranched alkanes of at least 4 members (excludes halogenated alkanes) is 1. The monoisotopic (exact) mass is 715 g/mol. The third-order valence-electron chi connectivity index (χ3n) is 9.08. The summed E-state index contributed by atoms with van der Waals surface area (Å²) >= 11 is 1.34. The molecule has 0 bridgehead atoms. The van der Waals surface area contributed by atoms with Gasteiger partial charge in [-0.1, -0.05) is 85.2 Å². The maximum absolute atomic E-state index is 14.1. The highest BCUT2D eigenvalue weighted by atomic mass is 32.1. The van der Waals surface area contributed by atoms with Crippen molar-refractivity contribution in [3.8, 4) is 0 Å². The van der Waals surface area contributed by atoms with Crippen molar-refractivity contribution in [3.05, 3.63) is 51.5 Å². The molecule has 0 unspecified atom stereocenters. The first-order valence-corrected chi connectivity index (χ1v) is 19.0. The number of ether oxygens (including phenoxy) is 3. The highest BCUT2D eigenvalue weighted by Gasteiger charge is 2.34. The molecule has 1 aromatic carbocycles. The molecule has 50 heavy (non-hydrogen) atoms. The molecule has 5 atom stereocenters. The number of hydrogen-bond donors (Lipinski definition) is 1. The van der Waals surface area contributed by atoms with Crippen LogP contribution in [0.2, 0.25) is 0 Å². The SMILES string of the molecule is CCCCOCCc1sc([C@@H](C[C@H](C(C)C)N(C)C(=O)[C@@H](C)C(C)C)OC(C)=O)nc1C(=O)N[C@@H](Cc1ccccc1)C[C@H](C)C(=O)OCC. The highest BCUT2D eigenvalue weighted by molar-refractivity contribution is 7.12. The number of hydrogen-bond acceptors (Lipinski definition) is 9. The fourth-order valence-electron chi connectivity index (χ4n) is 5.79. The summed E-state index contributed by atoms with van der Waals surface area (Å²) in [5.74, 6) is -1.47. The van der Waals surface area contributed by atoms with E-state index in [1.807, 2.05) is 65.0 Å². The molecule has 2 rings (SSSR count). The summed E-state index contributed by atoms with van der Waals surface area (Å²) in [4.78, 5) is 59.9. The van der Waals surface area contributed by atoms with E-state index < -0.39 is 18.0 Å². The molecule has 1 N–H and O–H groups in total. The third kappa shape index (κ3) is 13.8. The van der Waals surface area contributed by atoms with Gasteiger partial charge in [0.15, 0.2) is 6.10 Å². The van der Waals surface area contributed by atoms with Gasteiger partial charge in [0.2, 0.25) is 5.91 Å². The Labute approximate surface area is 304 Å². The molecule has 0 fully saturated rings. The lowest BCUT2D eigenvalue weighted by Gasteiger charge is -2.35. The Bertz CT molecular complexity index is 1350. The number of carbonyl (C=O) groups is 4. The molecule has 0 saturated heterocycles. The summed E-state index contributed by atoms with van der Waals surface area (Å²) in [5, 5.41) is 3.66. The normalized spacial score (nSPS) is 14.5. The van der Waals surface area contributed by atoms with E-state index in [1.54, 1.807) is 25.8 Å². The molecule has 1 heterocycles. The Kier molecular flexibility index (Phi) is 18.7. The van der Waals surface area contributed by atoms with Gasteiger partial charge in [0.1, 0.15) is 10.7 Å². The van der Waals surface area contributed by atoms with Crippen molar-refractivity contribution < 1.29 is 33.4 Å². The van der Waals surface area contributed by atoms with Crippen molar-refractivity contribution in [2.75, 3.05) is 26.9 Å². The lowest BCUT2D eigenvalue weighted by molar-refractivity contribution is -0.149. The van der Waals surface area contributed by atoms with Crippen molar-refractivity contribution in [2.45, 2.75) is 119 Å². The molecule has 0 aliphatic heterocycles. The molecule has 0 aliphatic carbocycles. The third-order valence-corrected chi connectivity index (χ3v) is 10.3. The first-order valence-electron chi connectivity index (χ1n) is 18.2. The van der Waals surface area contributed by atoms with Crippen LogP contribution in [0.3, 0.4) is 0 Å². The van der Waals surface area contributed by atoms with Crippen LogP contribution in [0.5, 0.6) is 0 Å². The van der Waals surface area contributed by atoms with Gasteiger partial charge in [-0.25, -0.2) is 4.98 Å². The summed E-state index contributed by atoms with van der Waals surface area (Å²) in [6.07, 6.45) is 2.88. The molecule has 1 aromatic heterocycles. The maximum Gasteiger partial charge on any atom is 0.308 e. The van der Waals surface area contributed by atoms with Crippen molar-refractivity contribution in [1.29, 1.82) is 0 Å². The largest absolute Gasteiger partial charge is 0.466 e. The molecule has 0 radical (unpaired) electrons. The zero-order chi connectivity index (χ0) is 37.4. The van der Waals surface area contributed by atoms with Crippen molar-refractivity contribution in [2.24, 2.45) is 23.7 Å². The summed E-state index contributed by atoms with van der Waals surface area (Å²) in [6.45, 7) is 18.4. The van der Waals surface area contributed by atoms with Crippen LogP contribution in [0.25, 0.3) is 0 Å². The van der Waals surface area contributed by atoms with Crippen molar-refractivity contribution >= 4 is 35.1 Å². The first-order chi connectivity index (χ1) is 23.7. The van der Waals surface area contributed by atoms with E-state index in [0.29, 0.717) is 43.9 Å². The molecule has 0 aliphatic rings. The molecular formula is C39H61N3O7S. The Balaban J connectivity index is 2.50. The number of esters is 2. The number of amides is 2. The van der Waals surface area contributed by atoms with E-state index in [2.05, 4.69) is 12.2 Å². The zero-order valence-corrected chi connectivity index (χ0v) is 32.8. The second-order valence-corrected chi connectivity index (χ2v) is 15.0.